The molecule has 0 spiro atoms. The molecule has 0 saturated carbocycles. The molecule has 20 heavy (non-hydrogen) atoms. The number of hydrogen-bond acceptors (Lipinski definition) is 2. The van der Waals surface area contributed by atoms with Gasteiger partial charge in [0, 0.05) is 27.3 Å². The van der Waals surface area contributed by atoms with Gasteiger partial charge in [-0.05, 0) is 28.6 Å². The van der Waals surface area contributed by atoms with E-state index in [0.717, 1.165) is 26.4 Å². The van der Waals surface area contributed by atoms with Crippen molar-refractivity contribution in [3.05, 3.63) is 75.5 Å². The van der Waals surface area contributed by atoms with Crippen molar-refractivity contribution in [3.8, 4) is 0 Å². The summed E-state index contributed by atoms with van der Waals surface area (Å²) in [5.74, 6) is 0. The number of benzene rings is 2. The van der Waals surface area contributed by atoms with E-state index in [1.165, 1.54) is 0 Å². The molecule has 3 rings (SSSR count). The zero-order valence-corrected chi connectivity index (χ0v) is 12.9. The Hall–Kier alpha value is -1.42. The summed E-state index contributed by atoms with van der Waals surface area (Å²) in [7, 11) is 0. The Morgan fingerprint density at radius 2 is 1.85 bits per heavy atom. The largest absolute Gasteiger partial charge is 0.320 e. The lowest BCUT2D eigenvalue weighted by molar-refractivity contribution is 0.868. The van der Waals surface area contributed by atoms with Gasteiger partial charge in [-0.15, -0.1) is 0 Å². The normalized spacial score (nSPS) is 12.6. The van der Waals surface area contributed by atoms with Crippen molar-refractivity contribution >= 4 is 38.3 Å². The van der Waals surface area contributed by atoms with E-state index < -0.39 is 0 Å². The molecule has 2 nitrogen and oxygen atoms in total. The summed E-state index contributed by atoms with van der Waals surface area (Å²) in [6.07, 6.45) is 3.68. The lowest BCUT2D eigenvalue weighted by atomic mass is 9.96. The molecular formula is C16H12BrClN2. The van der Waals surface area contributed by atoms with Crippen LogP contribution in [-0.2, 0) is 0 Å². The Labute approximate surface area is 130 Å². The number of nitrogens with zero attached hydrogens (tertiary/aromatic N) is 1. The second-order valence-corrected chi connectivity index (χ2v) is 5.88. The number of aromatic nitrogens is 1. The van der Waals surface area contributed by atoms with E-state index in [9.17, 15) is 0 Å². The number of rotatable bonds is 2. The van der Waals surface area contributed by atoms with Gasteiger partial charge in [0.25, 0.3) is 0 Å². The van der Waals surface area contributed by atoms with Gasteiger partial charge < -0.3 is 5.73 Å². The minimum atomic E-state index is -0.250. The molecule has 0 fully saturated rings. The van der Waals surface area contributed by atoms with E-state index in [1.54, 1.807) is 0 Å². The molecule has 4 heteroatoms. The van der Waals surface area contributed by atoms with Crippen molar-refractivity contribution in [1.82, 2.24) is 4.98 Å². The van der Waals surface area contributed by atoms with Crippen LogP contribution < -0.4 is 5.73 Å². The first-order chi connectivity index (χ1) is 9.66. The molecule has 0 aliphatic rings. The van der Waals surface area contributed by atoms with Gasteiger partial charge in [0.15, 0.2) is 0 Å². The van der Waals surface area contributed by atoms with Gasteiger partial charge >= 0.3 is 0 Å². The fraction of sp³-hybridized carbons (Fsp3) is 0.0625. The quantitative estimate of drug-likeness (QED) is 0.730. The molecule has 1 unspecified atom stereocenters. The Morgan fingerprint density at radius 1 is 1.05 bits per heavy atom. The highest BCUT2D eigenvalue weighted by Crippen LogP contribution is 2.32. The predicted octanol–water partition coefficient (Wildman–Crippen LogP) is 4.70. The van der Waals surface area contributed by atoms with Crippen molar-refractivity contribution in [2.45, 2.75) is 6.04 Å². The summed E-state index contributed by atoms with van der Waals surface area (Å²) in [5.41, 5.74) is 8.42. The molecule has 0 bridgehead atoms. The molecule has 0 aliphatic carbocycles. The SMILES string of the molecule is NC(c1ccc(Cl)cc1Br)c1cncc2ccccc12. The molecule has 0 aliphatic heterocycles. The molecule has 0 radical (unpaired) electrons. The molecule has 1 heterocycles. The zero-order valence-electron chi connectivity index (χ0n) is 10.6. The van der Waals surface area contributed by atoms with E-state index >= 15 is 0 Å². The molecule has 1 atom stereocenters. The molecule has 2 aromatic carbocycles. The number of nitrogens with two attached hydrogens (primary N) is 1. The van der Waals surface area contributed by atoms with Crippen molar-refractivity contribution in [1.29, 1.82) is 0 Å². The van der Waals surface area contributed by atoms with Gasteiger partial charge in [-0.2, -0.15) is 0 Å². The fourth-order valence-corrected chi connectivity index (χ4v) is 3.24. The van der Waals surface area contributed by atoms with Gasteiger partial charge in [0.05, 0.1) is 6.04 Å². The monoisotopic (exact) mass is 346 g/mol. The molecule has 0 amide bonds. The Bertz CT molecular complexity index is 768. The van der Waals surface area contributed by atoms with Crippen molar-refractivity contribution in [3.63, 3.8) is 0 Å². The third-order valence-electron chi connectivity index (χ3n) is 3.33. The summed E-state index contributed by atoms with van der Waals surface area (Å²) in [6.45, 7) is 0. The summed E-state index contributed by atoms with van der Waals surface area (Å²) in [6, 6.07) is 13.5. The summed E-state index contributed by atoms with van der Waals surface area (Å²) >= 11 is 9.50. The highest BCUT2D eigenvalue weighted by Gasteiger charge is 2.15. The van der Waals surface area contributed by atoms with Crippen LogP contribution in [0.25, 0.3) is 10.8 Å². The Kier molecular flexibility index (Phi) is 3.74. The zero-order chi connectivity index (χ0) is 14.1. The topological polar surface area (TPSA) is 38.9 Å². The first kappa shape index (κ1) is 13.6. The second kappa shape index (κ2) is 5.52. The van der Waals surface area contributed by atoms with E-state index in [2.05, 4.69) is 27.0 Å². The van der Waals surface area contributed by atoms with Crippen molar-refractivity contribution < 1.29 is 0 Å². The van der Waals surface area contributed by atoms with Crippen molar-refractivity contribution in [2.75, 3.05) is 0 Å². The molecule has 0 saturated heterocycles. The van der Waals surface area contributed by atoms with Crippen LogP contribution >= 0.6 is 27.5 Å². The van der Waals surface area contributed by atoms with Crippen LogP contribution in [0.3, 0.4) is 0 Å². The van der Waals surface area contributed by atoms with Gasteiger partial charge in [-0.1, -0.05) is 57.9 Å². The average molecular weight is 348 g/mol. The molecule has 1 aromatic heterocycles. The van der Waals surface area contributed by atoms with Crippen LogP contribution in [0.15, 0.2) is 59.3 Å². The second-order valence-electron chi connectivity index (χ2n) is 4.59. The Balaban J connectivity index is 2.15. The standard InChI is InChI=1S/C16H12BrClN2/c17-15-7-11(18)5-6-13(15)16(19)14-9-20-8-10-3-1-2-4-12(10)14/h1-9,16H,19H2. The van der Waals surface area contributed by atoms with Gasteiger partial charge in [-0.25, -0.2) is 0 Å². The van der Waals surface area contributed by atoms with Crippen LogP contribution in [-0.4, -0.2) is 4.98 Å². The summed E-state index contributed by atoms with van der Waals surface area (Å²) in [5, 5.41) is 2.89. The number of halogens is 2. The maximum atomic E-state index is 6.42. The van der Waals surface area contributed by atoms with Gasteiger partial charge in [-0.3, -0.25) is 4.98 Å². The Morgan fingerprint density at radius 3 is 2.65 bits per heavy atom. The van der Waals surface area contributed by atoms with E-state index in [1.807, 2.05) is 48.8 Å². The number of pyridine rings is 1. The number of fused-ring (bicyclic) bond motifs is 1. The maximum Gasteiger partial charge on any atom is 0.0584 e. The van der Waals surface area contributed by atoms with Gasteiger partial charge in [0.2, 0.25) is 0 Å². The van der Waals surface area contributed by atoms with Crippen LogP contribution in [0.4, 0.5) is 0 Å². The maximum absolute atomic E-state index is 6.42. The molecule has 3 aromatic rings. The highest BCUT2D eigenvalue weighted by molar-refractivity contribution is 9.10. The lowest BCUT2D eigenvalue weighted by Crippen LogP contribution is -2.13. The van der Waals surface area contributed by atoms with E-state index in [-0.39, 0.29) is 6.04 Å². The van der Waals surface area contributed by atoms with Crippen molar-refractivity contribution in [2.24, 2.45) is 5.73 Å². The molecule has 2 N–H and O–H groups in total. The van der Waals surface area contributed by atoms with Crippen LogP contribution in [0.5, 0.6) is 0 Å². The lowest BCUT2D eigenvalue weighted by Gasteiger charge is -2.16. The predicted molar refractivity (Wildman–Crippen MR) is 86.9 cm³/mol. The van der Waals surface area contributed by atoms with Crippen LogP contribution in [0.1, 0.15) is 17.2 Å². The third-order valence-corrected chi connectivity index (χ3v) is 4.25. The molecular weight excluding hydrogens is 336 g/mol. The molecule has 100 valence electrons. The first-order valence-corrected chi connectivity index (χ1v) is 7.37. The first-order valence-electron chi connectivity index (χ1n) is 6.20. The summed E-state index contributed by atoms with van der Waals surface area (Å²) in [4.78, 5) is 4.29. The average Bonchev–Trinajstić information content (AvgIpc) is 2.46. The van der Waals surface area contributed by atoms with E-state index in [4.69, 9.17) is 17.3 Å². The number of hydrogen-bond donors (Lipinski definition) is 1. The smallest absolute Gasteiger partial charge is 0.0584 e. The minimum Gasteiger partial charge on any atom is -0.320 e. The van der Waals surface area contributed by atoms with Crippen LogP contribution in [0.2, 0.25) is 5.02 Å². The van der Waals surface area contributed by atoms with E-state index in [0.29, 0.717) is 5.02 Å². The van der Waals surface area contributed by atoms with Gasteiger partial charge in [0.1, 0.15) is 0 Å². The van der Waals surface area contributed by atoms with Crippen LogP contribution in [0, 0.1) is 0 Å². The highest BCUT2D eigenvalue weighted by atomic mass is 79.9. The summed E-state index contributed by atoms with van der Waals surface area (Å²) < 4.78 is 0.908. The minimum absolute atomic E-state index is 0.250. The third kappa shape index (κ3) is 2.44. The fourth-order valence-electron chi connectivity index (χ4n) is 2.31.